The maximum absolute atomic E-state index is 5.80. The first-order valence-electron chi connectivity index (χ1n) is 12.5. The minimum Gasteiger partial charge on any atom is -0.381 e. The molecule has 2 fully saturated rings. The number of ether oxygens (including phenoxy) is 2. The van der Waals surface area contributed by atoms with Crippen LogP contribution in [-0.4, -0.2) is 88.0 Å². The normalized spacial score (nSPS) is 20.6. The SMILES string of the molecule is CCNC(=NCc1ccccc1CN1CCN(CC)CC1)NCCCOCC1CCOC1. The zero-order valence-electron chi connectivity index (χ0n) is 20.2. The summed E-state index contributed by atoms with van der Waals surface area (Å²) >= 11 is 0. The Bertz CT molecular complexity index is 670. The van der Waals surface area contributed by atoms with Gasteiger partial charge >= 0.3 is 0 Å². The summed E-state index contributed by atoms with van der Waals surface area (Å²) < 4.78 is 11.2. The first-order valence-corrected chi connectivity index (χ1v) is 12.5. The smallest absolute Gasteiger partial charge is 0.191 e. The van der Waals surface area contributed by atoms with Crippen molar-refractivity contribution in [2.75, 3.05) is 72.2 Å². The molecule has 1 atom stereocenters. The molecular weight excluding hydrogens is 402 g/mol. The Morgan fingerprint density at radius 3 is 2.59 bits per heavy atom. The molecule has 0 saturated carbocycles. The third-order valence-electron chi connectivity index (χ3n) is 6.31. The lowest BCUT2D eigenvalue weighted by Gasteiger charge is -2.34. The van der Waals surface area contributed by atoms with Crippen LogP contribution in [0.25, 0.3) is 0 Å². The molecule has 2 N–H and O–H groups in total. The molecule has 0 radical (unpaired) electrons. The fourth-order valence-corrected chi connectivity index (χ4v) is 4.22. The van der Waals surface area contributed by atoms with Gasteiger partial charge in [0.15, 0.2) is 5.96 Å². The van der Waals surface area contributed by atoms with Crippen molar-refractivity contribution in [1.82, 2.24) is 20.4 Å². The quantitative estimate of drug-likeness (QED) is 0.293. The predicted octanol–water partition coefficient (Wildman–Crippen LogP) is 2.32. The summed E-state index contributed by atoms with van der Waals surface area (Å²) in [6.07, 6.45) is 2.10. The van der Waals surface area contributed by atoms with Crippen molar-refractivity contribution in [3.8, 4) is 0 Å². The zero-order valence-corrected chi connectivity index (χ0v) is 20.2. The molecule has 0 aliphatic carbocycles. The second-order valence-corrected chi connectivity index (χ2v) is 8.76. The van der Waals surface area contributed by atoms with Gasteiger partial charge in [-0.2, -0.15) is 0 Å². The zero-order chi connectivity index (χ0) is 22.4. The van der Waals surface area contributed by atoms with E-state index in [-0.39, 0.29) is 0 Å². The second kappa shape index (κ2) is 14.5. The molecule has 0 spiro atoms. The van der Waals surface area contributed by atoms with E-state index in [0.29, 0.717) is 12.5 Å². The summed E-state index contributed by atoms with van der Waals surface area (Å²) in [5.41, 5.74) is 2.70. The molecule has 32 heavy (non-hydrogen) atoms. The van der Waals surface area contributed by atoms with E-state index in [0.717, 1.165) is 84.5 Å². The molecule has 2 aliphatic rings. The molecule has 1 unspecified atom stereocenters. The van der Waals surface area contributed by atoms with E-state index >= 15 is 0 Å². The summed E-state index contributed by atoms with van der Waals surface area (Å²) in [6.45, 7) is 16.9. The van der Waals surface area contributed by atoms with E-state index in [1.807, 2.05) is 0 Å². The number of hydrogen-bond acceptors (Lipinski definition) is 5. The Morgan fingerprint density at radius 1 is 1.09 bits per heavy atom. The first-order chi connectivity index (χ1) is 15.8. The summed E-state index contributed by atoms with van der Waals surface area (Å²) in [7, 11) is 0. The van der Waals surface area contributed by atoms with E-state index in [2.05, 4.69) is 58.5 Å². The third kappa shape index (κ3) is 8.70. The van der Waals surface area contributed by atoms with Gasteiger partial charge in [0.1, 0.15) is 0 Å². The number of hydrogen-bond donors (Lipinski definition) is 2. The van der Waals surface area contributed by atoms with Crippen LogP contribution in [-0.2, 0) is 22.6 Å². The number of guanidine groups is 1. The molecule has 1 aromatic carbocycles. The molecule has 7 heteroatoms. The predicted molar refractivity (Wildman–Crippen MR) is 131 cm³/mol. The minimum atomic E-state index is 0.581. The standard InChI is InChI=1S/C25H43N5O2/c1-3-26-25(27-11-7-16-31-20-22-10-17-32-21-22)28-18-23-8-5-6-9-24(23)19-30-14-12-29(4-2)13-15-30/h5-6,8-9,22H,3-4,7,10-21H2,1-2H3,(H2,26,27,28). The van der Waals surface area contributed by atoms with Gasteiger partial charge in [0.05, 0.1) is 19.8 Å². The average Bonchev–Trinajstić information content (AvgIpc) is 3.34. The molecule has 0 amide bonds. The fourth-order valence-electron chi connectivity index (χ4n) is 4.22. The molecule has 2 saturated heterocycles. The molecule has 7 nitrogen and oxygen atoms in total. The van der Waals surface area contributed by atoms with Gasteiger partial charge in [0.2, 0.25) is 0 Å². The van der Waals surface area contributed by atoms with Crippen LogP contribution in [0.2, 0.25) is 0 Å². The van der Waals surface area contributed by atoms with Gasteiger partial charge in [-0.25, -0.2) is 4.99 Å². The van der Waals surface area contributed by atoms with Crippen molar-refractivity contribution in [3.05, 3.63) is 35.4 Å². The Labute approximate surface area is 194 Å². The summed E-state index contributed by atoms with van der Waals surface area (Å²) in [4.78, 5) is 9.94. The Balaban J connectivity index is 1.42. The van der Waals surface area contributed by atoms with Crippen molar-refractivity contribution >= 4 is 5.96 Å². The molecule has 0 aromatic heterocycles. The van der Waals surface area contributed by atoms with E-state index in [1.54, 1.807) is 0 Å². The number of likely N-dealkylation sites (N-methyl/N-ethyl adjacent to an activating group) is 1. The lowest BCUT2D eigenvalue weighted by atomic mass is 10.1. The van der Waals surface area contributed by atoms with Crippen molar-refractivity contribution in [1.29, 1.82) is 0 Å². The number of rotatable bonds is 12. The van der Waals surface area contributed by atoms with Gasteiger partial charge in [-0.3, -0.25) is 4.90 Å². The summed E-state index contributed by atoms with van der Waals surface area (Å²) in [5, 5.41) is 6.82. The highest BCUT2D eigenvalue weighted by atomic mass is 16.5. The van der Waals surface area contributed by atoms with E-state index in [9.17, 15) is 0 Å². The van der Waals surface area contributed by atoms with E-state index < -0.39 is 0 Å². The molecule has 0 bridgehead atoms. The van der Waals surface area contributed by atoms with Crippen molar-refractivity contribution in [3.63, 3.8) is 0 Å². The van der Waals surface area contributed by atoms with Gasteiger partial charge in [-0.05, 0) is 37.4 Å². The third-order valence-corrected chi connectivity index (χ3v) is 6.31. The number of nitrogens with zero attached hydrogens (tertiary/aromatic N) is 3. The van der Waals surface area contributed by atoms with Crippen LogP contribution in [0.3, 0.4) is 0 Å². The molecule has 3 rings (SSSR count). The van der Waals surface area contributed by atoms with Gasteiger partial charge in [0, 0.05) is 64.9 Å². The Hall–Kier alpha value is -1.67. The molecule has 2 heterocycles. The maximum atomic E-state index is 5.80. The molecule has 1 aromatic rings. The highest BCUT2D eigenvalue weighted by Gasteiger charge is 2.17. The summed E-state index contributed by atoms with van der Waals surface area (Å²) in [6, 6.07) is 8.73. The molecule has 180 valence electrons. The van der Waals surface area contributed by atoms with E-state index in [4.69, 9.17) is 14.5 Å². The molecular formula is C25H43N5O2. The van der Waals surface area contributed by atoms with Crippen LogP contribution in [0.4, 0.5) is 0 Å². The maximum Gasteiger partial charge on any atom is 0.191 e. The topological polar surface area (TPSA) is 61.4 Å². The van der Waals surface area contributed by atoms with E-state index in [1.165, 1.54) is 24.2 Å². The van der Waals surface area contributed by atoms with Crippen LogP contribution in [0, 0.1) is 5.92 Å². The van der Waals surface area contributed by atoms with Crippen LogP contribution in [0.1, 0.15) is 37.8 Å². The van der Waals surface area contributed by atoms with Crippen LogP contribution >= 0.6 is 0 Å². The number of benzene rings is 1. The number of aliphatic imine (C=N–C) groups is 1. The lowest BCUT2D eigenvalue weighted by molar-refractivity contribution is 0.0888. The molecule has 2 aliphatic heterocycles. The highest BCUT2D eigenvalue weighted by molar-refractivity contribution is 5.79. The Morgan fingerprint density at radius 2 is 1.88 bits per heavy atom. The van der Waals surface area contributed by atoms with Gasteiger partial charge < -0.3 is 25.0 Å². The van der Waals surface area contributed by atoms with Crippen LogP contribution in [0.15, 0.2) is 29.3 Å². The average molecular weight is 446 g/mol. The van der Waals surface area contributed by atoms with Crippen LogP contribution < -0.4 is 10.6 Å². The highest BCUT2D eigenvalue weighted by Crippen LogP contribution is 2.15. The minimum absolute atomic E-state index is 0.581. The van der Waals surface area contributed by atoms with Gasteiger partial charge in [0.25, 0.3) is 0 Å². The fraction of sp³-hybridized carbons (Fsp3) is 0.720. The lowest BCUT2D eigenvalue weighted by Crippen LogP contribution is -2.45. The largest absolute Gasteiger partial charge is 0.381 e. The Kier molecular flexibility index (Phi) is 11.3. The summed E-state index contributed by atoms with van der Waals surface area (Å²) in [5.74, 6) is 1.46. The van der Waals surface area contributed by atoms with Crippen LogP contribution in [0.5, 0.6) is 0 Å². The van der Waals surface area contributed by atoms with Crippen molar-refractivity contribution in [2.45, 2.75) is 39.8 Å². The van der Waals surface area contributed by atoms with Gasteiger partial charge in [-0.1, -0.05) is 31.2 Å². The second-order valence-electron chi connectivity index (χ2n) is 8.76. The first kappa shape index (κ1) is 25.0. The monoisotopic (exact) mass is 445 g/mol. The van der Waals surface area contributed by atoms with Gasteiger partial charge in [-0.15, -0.1) is 0 Å². The number of nitrogens with one attached hydrogen (secondary N) is 2. The number of piperazine rings is 1. The van der Waals surface area contributed by atoms with Crippen molar-refractivity contribution in [2.24, 2.45) is 10.9 Å². The van der Waals surface area contributed by atoms with Crippen molar-refractivity contribution < 1.29 is 9.47 Å².